The summed E-state index contributed by atoms with van der Waals surface area (Å²) in [4.78, 5) is 10.9. The maximum Gasteiger partial charge on any atom is 0.231 e. The predicted molar refractivity (Wildman–Crippen MR) is 62.9 cm³/mol. The van der Waals surface area contributed by atoms with Crippen LogP contribution in [0.15, 0.2) is 16.7 Å². The number of hydrogen-bond acceptors (Lipinski definition) is 6. The van der Waals surface area contributed by atoms with Crippen molar-refractivity contribution in [3.63, 3.8) is 0 Å². The highest BCUT2D eigenvalue weighted by atomic mass is 35.5. The van der Waals surface area contributed by atoms with Gasteiger partial charge in [0.1, 0.15) is 5.69 Å². The van der Waals surface area contributed by atoms with Crippen LogP contribution in [0.3, 0.4) is 0 Å². The van der Waals surface area contributed by atoms with Gasteiger partial charge in [-0.25, -0.2) is 0 Å². The van der Waals surface area contributed by atoms with Crippen molar-refractivity contribution in [3.05, 3.63) is 22.7 Å². The van der Waals surface area contributed by atoms with Crippen LogP contribution in [-0.4, -0.2) is 18.2 Å². The van der Waals surface area contributed by atoms with E-state index in [0.717, 1.165) is 0 Å². The van der Waals surface area contributed by atoms with Gasteiger partial charge in [0.05, 0.1) is 16.1 Å². The van der Waals surface area contributed by atoms with Crippen molar-refractivity contribution in [2.45, 2.75) is 0 Å². The monoisotopic (exact) mass is 266 g/mol. The number of benzene rings is 1. The van der Waals surface area contributed by atoms with Crippen molar-refractivity contribution >= 4 is 23.8 Å². The quantitative estimate of drug-likeness (QED) is 0.838. The lowest BCUT2D eigenvalue weighted by Gasteiger charge is -2.06. The minimum atomic E-state index is 0.0247. The van der Waals surface area contributed by atoms with E-state index >= 15 is 0 Å². The molecule has 1 aromatic heterocycles. The lowest BCUT2D eigenvalue weighted by atomic mass is 10.1. The molecule has 92 valence electrons. The molecule has 6 nitrogen and oxygen atoms in total. The molecule has 0 aliphatic carbocycles. The Morgan fingerprint density at radius 2 is 2.11 bits per heavy atom. The molecule has 0 saturated heterocycles. The van der Waals surface area contributed by atoms with Gasteiger partial charge >= 0.3 is 0 Å². The second-order valence-corrected chi connectivity index (χ2v) is 4.03. The van der Waals surface area contributed by atoms with Gasteiger partial charge in [0, 0.05) is 6.07 Å². The normalized spacial score (nSPS) is 12.7. The van der Waals surface area contributed by atoms with Crippen molar-refractivity contribution in [1.82, 2.24) is 5.16 Å². The Kier molecular flexibility index (Phi) is 2.38. The van der Waals surface area contributed by atoms with Gasteiger partial charge in [0.25, 0.3) is 0 Å². The van der Waals surface area contributed by atoms with Crippen LogP contribution in [-0.2, 0) is 0 Å². The first kappa shape index (κ1) is 10.9. The van der Waals surface area contributed by atoms with Crippen LogP contribution < -0.4 is 15.2 Å². The molecular formula is C11H7ClN2O4. The number of halogens is 1. The third-order valence-electron chi connectivity index (χ3n) is 2.53. The Morgan fingerprint density at radius 1 is 1.33 bits per heavy atom. The smallest absolute Gasteiger partial charge is 0.231 e. The highest BCUT2D eigenvalue weighted by Gasteiger charge is 2.27. The molecule has 0 spiro atoms. The SMILES string of the molecule is Nc1cc(-c2c(Cl)cc(C=O)c3c2OCO3)no1. The highest BCUT2D eigenvalue weighted by Crippen LogP contribution is 2.47. The number of hydrogen-bond donors (Lipinski definition) is 1. The summed E-state index contributed by atoms with van der Waals surface area (Å²) in [5.41, 5.74) is 6.72. The predicted octanol–water partition coefficient (Wildman–Crippen LogP) is 2.12. The van der Waals surface area contributed by atoms with Crippen LogP contribution >= 0.6 is 11.6 Å². The van der Waals surface area contributed by atoms with E-state index in [1.54, 1.807) is 0 Å². The number of aromatic nitrogens is 1. The van der Waals surface area contributed by atoms with Crippen molar-refractivity contribution in [2.75, 3.05) is 12.5 Å². The fourth-order valence-electron chi connectivity index (χ4n) is 1.79. The molecular weight excluding hydrogens is 260 g/mol. The summed E-state index contributed by atoms with van der Waals surface area (Å²) in [5.74, 6) is 0.886. The molecule has 2 aromatic rings. The summed E-state index contributed by atoms with van der Waals surface area (Å²) < 4.78 is 15.4. The van der Waals surface area contributed by atoms with E-state index in [4.69, 9.17) is 31.3 Å². The fourth-order valence-corrected chi connectivity index (χ4v) is 2.09. The van der Waals surface area contributed by atoms with Gasteiger partial charge in [-0.05, 0) is 6.07 Å². The Hall–Kier alpha value is -2.21. The number of ether oxygens (including phenoxy) is 2. The molecule has 0 atom stereocenters. The van der Waals surface area contributed by atoms with Crippen LogP contribution in [0.1, 0.15) is 10.4 Å². The molecule has 0 radical (unpaired) electrons. The second kappa shape index (κ2) is 3.92. The topological polar surface area (TPSA) is 87.6 Å². The zero-order valence-electron chi connectivity index (χ0n) is 8.97. The molecule has 0 bridgehead atoms. The third-order valence-corrected chi connectivity index (χ3v) is 2.83. The molecule has 7 heteroatoms. The number of aldehydes is 1. The lowest BCUT2D eigenvalue weighted by Crippen LogP contribution is -1.94. The first-order chi connectivity index (χ1) is 8.70. The van der Waals surface area contributed by atoms with Crippen LogP contribution in [0.4, 0.5) is 5.88 Å². The number of carbonyl (C=O) groups excluding carboxylic acids is 1. The van der Waals surface area contributed by atoms with Gasteiger partial charge < -0.3 is 19.7 Å². The van der Waals surface area contributed by atoms with Gasteiger partial charge in [-0.15, -0.1) is 0 Å². The van der Waals surface area contributed by atoms with Crippen molar-refractivity contribution in [2.24, 2.45) is 0 Å². The van der Waals surface area contributed by atoms with Crippen LogP contribution in [0.2, 0.25) is 5.02 Å². The van der Waals surface area contributed by atoms with E-state index in [1.165, 1.54) is 12.1 Å². The number of fused-ring (bicyclic) bond motifs is 1. The van der Waals surface area contributed by atoms with Gasteiger partial charge in [0.15, 0.2) is 17.8 Å². The summed E-state index contributed by atoms with van der Waals surface area (Å²) in [7, 11) is 0. The van der Waals surface area contributed by atoms with Crippen molar-refractivity contribution < 1.29 is 18.8 Å². The standard InChI is InChI=1S/C11H7ClN2O4/c12-6-1-5(3-15)10-11(17-4-16-10)9(6)7-2-8(13)18-14-7/h1-3H,4,13H2. The molecule has 0 saturated carbocycles. The average molecular weight is 267 g/mol. The summed E-state index contributed by atoms with van der Waals surface area (Å²) in [6.07, 6.45) is 0.653. The number of carbonyl (C=O) groups is 1. The zero-order valence-corrected chi connectivity index (χ0v) is 9.73. The average Bonchev–Trinajstić information content (AvgIpc) is 2.97. The number of nitrogens with two attached hydrogens (primary N) is 1. The first-order valence-corrected chi connectivity index (χ1v) is 5.38. The van der Waals surface area contributed by atoms with E-state index in [0.29, 0.717) is 39.6 Å². The lowest BCUT2D eigenvalue weighted by molar-refractivity contribution is 0.111. The van der Waals surface area contributed by atoms with E-state index in [1.807, 2.05) is 0 Å². The van der Waals surface area contributed by atoms with Crippen molar-refractivity contribution in [3.8, 4) is 22.8 Å². The molecule has 0 fully saturated rings. The van der Waals surface area contributed by atoms with Crippen LogP contribution in [0.25, 0.3) is 11.3 Å². The molecule has 0 unspecified atom stereocenters. The Labute approximate surface area is 106 Å². The van der Waals surface area contributed by atoms with Crippen LogP contribution in [0.5, 0.6) is 11.5 Å². The third kappa shape index (κ3) is 1.50. The molecule has 18 heavy (non-hydrogen) atoms. The number of anilines is 1. The number of nitrogen functional groups attached to an aromatic ring is 1. The second-order valence-electron chi connectivity index (χ2n) is 3.62. The molecule has 2 heterocycles. The zero-order chi connectivity index (χ0) is 12.7. The van der Waals surface area contributed by atoms with Gasteiger partial charge in [-0.2, -0.15) is 0 Å². The summed E-state index contributed by atoms with van der Waals surface area (Å²) in [6, 6.07) is 3.01. The number of nitrogens with zero attached hydrogens (tertiary/aromatic N) is 1. The van der Waals surface area contributed by atoms with E-state index < -0.39 is 0 Å². The first-order valence-electron chi connectivity index (χ1n) is 5.00. The highest BCUT2D eigenvalue weighted by molar-refractivity contribution is 6.34. The molecule has 1 aliphatic rings. The molecule has 1 aromatic carbocycles. The van der Waals surface area contributed by atoms with Gasteiger partial charge in [-0.3, -0.25) is 4.79 Å². The molecule has 1 aliphatic heterocycles. The number of rotatable bonds is 2. The van der Waals surface area contributed by atoms with E-state index in [2.05, 4.69) is 5.16 Å². The maximum absolute atomic E-state index is 10.9. The van der Waals surface area contributed by atoms with Crippen LogP contribution in [0, 0.1) is 0 Å². The summed E-state index contributed by atoms with van der Waals surface area (Å²) in [6.45, 7) is 0.0247. The molecule has 0 amide bonds. The maximum atomic E-state index is 10.9. The Balaban J connectivity index is 2.27. The minimum Gasteiger partial charge on any atom is -0.453 e. The Morgan fingerprint density at radius 3 is 2.78 bits per heavy atom. The van der Waals surface area contributed by atoms with E-state index in [9.17, 15) is 4.79 Å². The summed E-state index contributed by atoms with van der Waals surface area (Å²) >= 11 is 6.12. The molecule has 3 rings (SSSR count). The van der Waals surface area contributed by atoms with Gasteiger partial charge in [-0.1, -0.05) is 16.8 Å². The molecule has 2 N–H and O–H groups in total. The fraction of sp³-hybridized carbons (Fsp3) is 0.0909. The summed E-state index contributed by atoms with van der Waals surface area (Å²) in [5, 5.41) is 4.09. The minimum absolute atomic E-state index is 0.0247. The van der Waals surface area contributed by atoms with E-state index in [-0.39, 0.29) is 12.7 Å². The Bertz CT molecular complexity index is 638. The van der Waals surface area contributed by atoms with Gasteiger partial charge in [0.2, 0.25) is 12.7 Å². The largest absolute Gasteiger partial charge is 0.453 e. The van der Waals surface area contributed by atoms with Crippen molar-refractivity contribution in [1.29, 1.82) is 0 Å².